The van der Waals surface area contributed by atoms with Crippen LogP contribution in [0.3, 0.4) is 0 Å². The highest BCUT2D eigenvalue weighted by molar-refractivity contribution is 7.86. The quantitative estimate of drug-likeness (QED) is 0.581. The van der Waals surface area contributed by atoms with Crippen LogP contribution in [0.15, 0.2) is 24.3 Å². The van der Waals surface area contributed by atoms with Gasteiger partial charge in [0, 0.05) is 24.7 Å². The number of rotatable bonds is 5. The molecule has 1 aromatic rings. The van der Waals surface area contributed by atoms with Crippen LogP contribution in [0.2, 0.25) is 0 Å². The third-order valence-corrected chi connectivity index (χ3v) is 5.74. The van der Waals surface area contributed by atoms with E-state index in [9.17, 15) is 22.8 Å². The Hall–Kier alpha value is -2.50. The minimum Gasteiger partial charge on any atom is -0.329 e. The fourth-order valence-corrected chi connectivity index (χ4v) is 3.88. The number of carbonyl (C=O) groups is 3. The van der Waals surface area contributed by atoms with Crippen molar-refractivity contribution in [2.24, 2.45) is 11.1 Å². The normalized spacial score (nSPS) is 19.2. The summed E-state index contributed by atoms with van der Waals surface area (Å²) in [5.74, 6) is -0.801. The van der Waals surface area contributed by atoms with Crippen LogP contribution in [-0.4, -0.2) is 55.1 Å². The number of hydrogen-bond donors (Lipinski definition) is 3. The Kier molecular flexibility index (Phi) is 5.44. The molecule has 1 aromatic carbocycles. The molecule has 0 bridgehead atoms. The highest BCUT2D eigenvalue weighted by Crippen LogP contribution is 2.21. The van der Waals surface area contributed by atoms with Gasteiger partial charge in [-0.05, 0) is 30.5 Å². The van der Waals surface area contributed by atoms with Gasteiger partial charge in [-0.15, -0.1) is 0 Å². The summed E-state index contributed by atoms with van der Waals surface area (Å²) in [6.07, 6.45) is 0.787. The molecule has 0 atom stereocenters. The molecule has 2 saturated heterocycles. The summed E-state index contributed by atoms with van der Waals surface area (Å²) in [6, 6.07) is 6.48. The van der Waals surface area contributed by atoms with Gasteiger partial charge in [-0.1, -0.05) is 12.1 Å². The Bertz CT molecular complexity index is 848. The molecule has 27 heavy (non-hydrogen) atoms. The zero-order chi connectivity index (χ0) is 19.6. The molecule has 0 aliphatic carbocycles. The maximum Gasteiger partial charge on any atom is 0.324 e. The molecular formula is C16H21N5O5S. The van der Waals surface area contributed by atoms with Crippen LogP contribution in [0.25, 0.3) is 0 Å². The van der Waals surface area contributed by atoms with Gasteiger partial charge < -0.3 is 10.6 Å². The average Bonchev–Trinajstić information content (AvgIpc) is 2.93. The first-order valence-corrected chi connectivity index (χ1v) is 10.0. The first-order chi connectivity index (χ1) is 12.7. The van der Waals surface area contributed by atoms with Gasteiger partial charge in [0.2, 0.25) is 11.8 Å². The smallest absolute Gasteiger partial charge is 0.324 e. The number of urea groups is 1. The fraction of sp³-hybridized carbons (Fsp3) is 0.438. The predicted molar refractivity (Wildman–Crippen MR) is 96.4 cm³/mol. The summed E-state index contributed by atoms with van der Waals surface area (Å²) in [4.78, 5) is 36.9. The van der Waals surface area contributed by atoms with Crippen LogP contribution in [0.4, 0.5) is 10.5 Å². The van der Waals surface area contributed by atoms with Crippen molar-refractivity contribution in [2.45, 2.75) is 19.4 Å². The maximum absolute atomic E-state index is 12.4. The Morgan fingerprint density at radius 1 is 1.26 bits per heavy atom. The minimum atomic E-state index is -3.72. The van der Waals surface area contributed by atoms with E-state index in [1.807, 2.05) is 0 Å². The molecule has 0 radical (unpaired) electrons. The number of benzene rings is 1. The molecule has 2 aliphatic heterocycles. The highest BCUT2D eigenvalue weighted by Gasteiger charge is 2.30. The molecule has 0 aromatic heterocycles. The van der Waals surface area contributed by atoms with Crippen molar-refractivity contribution in [3.63, 3.8) is 0 Å². The topological polar surface area (TPSA) is 142 Å². The monoisotopic (exact) mass is 395 g/mol. The lowest BCUT2D eigenvalue weighted by Crippen LogP contribution is -2.44. The SMILES string of the molecule is NS(=O)(=O)N1CCC(C(=O)Nc2cccc(CN3C(=O)CNC3=O)c2)CC1. The highest BCUT2D eigenvalue weighted by atomic mass is 32.2. The number of carbonyl (C=O) groups excluding carboxylic acids is 3. The van der Waals surface area contributed by atoms with Crippen LogP contribution in [-0.2, 0) is 26.3 Å². The summed E-state index contributed by atoms with van der Waals surface area (Å²) in [5, 5.41) is 10.4. The molecular weight excluding hydrogens is 374 g/mol. The van der Waals surface area contributed by atoms with E-state index in [0.29, 0.717) is 24.1 Å². The largest absolute Gasteiger partial charge is 0.329 e. The van der Waals surface area contributed by atoms with Crippen molar-refractivity contribution in [2.75, 3.05) is 25.0 Å². The number of nitrogens with two attached hydrogens (primary N) is 1. The van der Waals surface area contributed by atoms with Crippen LogP contribution < -0.4 is 15.8 Å². The number of nitrogens with one attached hydrogen (secondary N) is 2. The third kappa shape index (κ3) is 4.62. The summed E-state index contributed by atoms with van der Waals surface area (Å²) in [6.45, 7) is 0.542. The molecule has 0 unspecified atom stereocenters. The van der Waals surface area contributed by atoms with Crippen LogP contribution in [0.5, 0.6) is 0 Å². The molecule has 11 heteroatoms. The van der Waals surface area contributed by atoms with Crippen molar-refractivity contribution >= 4 is 33.7 Å². The van der Waals surface area contributed by atoms with Crippen molar-refractivity contribution in [3.05, 3.63) is 29.8 Å². The van der Waals surface area contributed by atoms with Gasteiger partial charge in [-0.3, -0.25) is 14.5 Å². The molecule has 0 saturated carbocycles. The van der Waals surface area contributed by atoms with Gasteiger partial charge in [0.15, 0.2) is 0 Å². The number of amides is 4. The second-order valence-electron chi connectivity index (χ2n) is 6.55. The molecule has 4 amide bonds. The van der Waals surface area contributed by atoms with Crippen molar-refractivity contribution in [1.82, 2.24) is 14.5 Å². The zero-order valence-corrected chi connectivity index (χ0v) is 15.4. The van der Waals surface area contributed by atoms with E-state index in [1.165, 1.54) is 0 Å². The number of imide groups is 1. The fourth-order valence-electron chi connectivity index (χ4n) is 3.16. The number of nitrogens with zero attached hydrogens (tertiary/aromatic N) is 2. The molecule has 2 fully saturated rings. The molecule has 3 rings (SSSR count). The number of anilines is 1. The summed E-state index contributed by atoms with van der Waals surface area (Å²) < 4.78 is 23.8. The average molecular weight is 395 g/mol. The Labute approximate surface area is 156 Å². The van der Waals surface area contributed by atoms with E-state index < -0.39 is 16.2 Å². The van der Waals surface area contributed by atoms with Crippen LogP contribution in [0, 0.1) is 5.92 Å². The van der Waals surface area contributed by atoms with E-state index in [-0.39, 0.29) is 43.9 Å². The van der Waals surface area contributed by atoms with Gasteiger partial charge in [0.25, 0.3) is 10.2 Å². The van der Waals surface area contributed by atoms with E-state index in [0.717, 1.165) is 9.21 Å². The second kappa shape index (κ2) is 7.62. The van der Waals surface area contributed by atoms with Crippen molar-refractivity contribution < 1.29 is 22.8 Å². The number of hydrogen-bond acceptors (Lipinski definition) is 5. The number of piperidine rings is 1. The van der Waals surface area contributed by atoms with E-state index >= 15 is 0 Å². The standard InChI is InChI=1S/C16H21N5O5S/c17-27(25,26)20-6-4-12(5-7-20)15(23)19-13-3-1-2-11(8-13)10-21-14(22)9-18-16(21)24/h1-3,8,12H,4-7,9-10H2,(H,18,24)(H,19,23)(H2,17,25,26). The van der Waals surface area contributed by atoms with E-state index in [4.69, 9.17) is 5.14 Å². The maximum atomic E-state index is 12.4. The van der Waals surface area contributed by atoms with Crippen LogP contribution in [0.1, 0.15) is 18.4 Å². The summed E-state index contributed by atoms with van der Waals surface area (Å²) in [5.41, 5.74) is 1.26. The van der Waals surface area contributed by atoms with Gasteiger partial charge in [-0.2, -0.15) is 12.7 Å². The lowest BCUT2D eigenvalue weighted by Gasteiger charge is -2.29. The molecule has 4 N–H and O–H groups in total. The summed E-state index contributed by atoms with van der Waals surface area (Å²) in [7, 11) is -3.72. The predicted octanol–water partition coefficient (Wildman–Crippen LogP) is -0.408. The zero-order valence-electron chi connectivity index (χ0n) is 14.6. The Balaban J connectivity index is 1.59. The van der Waals surface area contributed by atoms with E-state index in [1.54, 1.807) is 24.3 Å². The second-order valence-corrected chi connectivity index (χ2v) is 8.09. The molecule has 2 aliphatic rings. The van der Waals surface area contributed by atoms with Crippen molar-refractivity contribution in [1.29, 1.82) is 0 Å². The Morgan fingerprint density at radius 3 is 2.56 bits per heavy atom. The lowest BCUT2D eigenvalue weighted by molar-refractivity contribution is -0.125. The third-order valence-electron chi connectivity index (χ3n) is 4.66. The minimum absolute atomic E-state index is 0.00746. The Morgan fingerprint density at radius 2 is 1.96 bits per heavy atom. The van der Waals surface area contributed by atoms with Gasteiger partial charge in [0.05, 0.1) is 13.1 Å². The van der Waals surface area contributed by atoms with Crippen molar-refractivity contribution in [3.8, 4) is 0 Å². The van der Waals surface area contributed by atoms with Gasteiger partial charge in [-0.25, -0.2) is 9.93 Å². The van der Waals surface area contributed by atoms with Gasteiger partial charge >= 0.3 is 6.03 Å². The van der Waals surface area contributed by atoms with Crippen LogP contribution >= 0.6 is 0 Å². The molecule has 0 spiro atoms. The first-order valence-electron chi connectivity index (χ1n) is 8.50. The first kappa shape index (κ1) is 19.3. The molecule has 2 heterocycles. The lowest BCUT2D eigenvalue weighted by atomic mass is 9.97. The van der Waals surface area contributed by atoms with Gasteiger partial charge in [0.1, 0.15) is 0 Å². The molecule has 10 nitrogen and oxygen atoms in total. The molecule has 146 valence electrons. The van der Waals surface area contributed by atoms with E-state index in [2.05, 4.69) is 10.6 Å². The summed E-state index contributed by atoms with van der Waals surface area (Å²) >= 11 is 0.